The summed E-state index contributed by atoms with van der Waals surface area (Å²) in [5, 5.41) is 2.05. The first-order valence-electron chi connectivity index (χ1n) is 10.3. The van der Waals surface area contributed by atoms with E-state index < -0.39 is 20.5 Å². The number of hydrogen-bond acceptors (Lipinski definition) is 3. The van der Waals surface area contributed by atoms with Gasteiger partial charge in [0.2, 0.25) is 12.2 Å². The van der Waals surface area contributed by atoms with Gasteiger partial charge in [-0.05, 0) is 35.5 Å². The summed E-state index contributed by atoms with van der Waals surface area (Å²) in [6.45, 7) is 10.5. The van der Waals surface area contributed by atoms with Crippen LogP contribution in [0.1, 0.15) is 34.6 Å². The number of ether oxygens (including phenoxy) is 1. The summed E-state index contributed by atoms with van der Waals surface area (Å²) in [5.74, 6) is 0. The van der Waals surface area contributed by atoms with Crippen molar-refractivity contribution in [2.75, 3.05) is 13.2 Å². The molecule has 0 aliphatic carbocycles. The fourth-order valence-corrected chi connectivity index (χ4v) is 8.31. The SMILES string of the molecule is CC(C)N(CCO[Si](c1ccccc1)(c1ccccc1)C(C)(C)C)C(=O)O[C-]=C(F)F.[Br-].[Mg+2]. The van der Waals surface area contributed by atoms with Gasteiger partial charge in [-0.3, -0.25) is 0 Å². The molecular formula is C24H30BrF2MgNO3Si. The summed E-state index contributed by atoms with van der Waals surface area (Å²) in [6, 6.07) is 20.0. The molecule has 2 rings (SSSR count). The first-order valence-corrected chi connectivity index (χ1v) is 12.2. The van der Waals surface area contributed by atoms with Crippen molar-refractivity contribution in [1.29, 1.82) is 0 Å². The summed E-state index contributed by atoms with van der Waals surface area (Å²) >= 11 is 0. The Morgan fingerprint density at radius 1 is 1.00 bits per heavy atom. The van der Waals surface area contributed by atoms with E-state index in [1.54, 1.807) is 13.8 Å². The van der Waals surface area contributed by atoms with Gasteiger partial charge >= 0.3 is 23.1 Å². The average molecular weight is 551 g/mol. The molecule has 0 heterocycles. The van der Waals surface area contributed by atoms with Crippen LogP contribution in [0.25, 0.3) is 0 Å². The molecule has 0 fully saturated rings. The molecule has 0 saturated heterocycles. The van der Waals surface area contributed by atoms with E-state index in [1.165, 1.54) is 11.2 Å². The number of nitrogens with zero attached hydrogens (tertiary/aromatic N) is 1. The molecule has 33 heavy (non-hydrogen) atoms. The van der Waals surface area contributed by atoms with Gasteiger partial charge in [-0.15, -0.1) is 0 Å². The molecule has 0 saturated carbocycles. The van der Waals surface area contributed by atoms with Crippen molar-refractivity contribution < 1.29 is 39.7 Å². The van der Waals surface area contributed by atoms with Crippen LogP contribution in [0.2, 0.25) is 5.04 Å². The van der Waals surface area contributed by atoms with Crippen molar-refractivity contribution in [2.45, 2.75) is 45.7 Å². The molecule has 0 aliphatic heterocycles. The molecule has 176 valence electrons. The smallest absolute Gasteiger partial charge is 1.00 e. The fourth-order valence-electron chi connectivity index (χ4n) is 3.76. The molecule has 9 heteroatoms. The predicted molar refractivity (Wildman–Crippen MR) is 127 cm³/mol. The number of carbonyl (C=O) groups is 1. The van der Waals surface area contributed by atoms with Gasteiger partial charge in [0.15, 0.2) is 0 Å². The third kappa shape index (κ3) is 8.17. The second kappa shape index (κ2) is 14.2. The van der Waals surface area contributed by atoms with Gasteiger partial charge in [-0.25, -0.2) is 0 Å². The van der Waals surface area contributed by atoms with Gasteiger partial charge in [0.1, 0.15) is 0 Å². The molecule has 0 spiro atoms. The molecule has 0 atom stereocenters. The van der Waals surface area contributed by atoms with E-state index in [0.29, 0.717) is 0 Å². The van der Waals surface area contributed by atoms with Gasteiger partial charge in [0.25, 0.3) is 8.32 Å². The minimum absolute atomic E-state index is 0. The van der Waals surface area contributed by atoms with Gasteiger partial charge in [0, 0.05) is 12.6 Å². The van der Waals surface area contributed by atoms with Crippen LogP contribution in [-0.4, -0.2) is 61.6 Å². The predicted octanol–water partition coefficient (Wildman–Crippen LogP) is 1.57. The number of halogens is 3. The molecule has 0 bridgehead atoms. The van der Waals surface area contributed by atoms with Gasteiger partial charge in [-0.2, -0.15) is 8.78 Å². The maximum Gasteiger partial charge on any atom is 2.00 e. The van der Waals surface area contributed by atoms with Crippen LogP contribution in [0.15, 0.2) is 66.7 Å². The molecule has 0 aromatic heterocycles. The Balaban J connectivity index is 0.00000512. The standard InChI is InChI=1S/C24H30F2NO3Si.BrH.Mg/c1-19(2)27(23(28)29-18-22(25)26)16-17-30-31(24(3,4)5,20-12-8-6-9-13-20)21-14-10-7-11-15-21;;/h6-15,19H,16-17H2,1-5H3;1H;/q-1;;+2/p-1. The quantitative estimate of drug-likeness (QED) is 0.285. The number of hydrogen-bond donors (Lipinski definition) is 0. The van der Waals surface area contributed by atoms with Crippen LogP contribution >= 0.6 is 0 Å². The van der Waals surface area contributed by atoms with Crippen LogP contribution in [0.5, 0.6) is 0 Å². The van der Waals surface area contributed by atoms with E-state index in [2.05, 4.69) is 49.8 Å². The topological polar surface area (TPSA) is 38.8 Å². The number of amides is 1. The van der Waals surface area contributed by atoms with E-state index in [0.717, 1.165) is 10.4 Å². The Bertz CT molecular complexity index is 837. The molecule has 1 amide bonds. The van der Waals surface area contributed by atoms with Crippen LogP contribution in [0.3, 0.4) is 0 Å². The third-order valence-corrected chi connectivity index (χ3v) is 10.2. The number of carbonyl (C=O) groups excluding carboxylic acids is 1. The second-order valence-corrected chi connectivity index (χ2v) is 12.8. The van der Waals surface area contributed by atoms with E-state index in [9.17, 15) is 13.6 Å². The van der Waals surface area contributed by atoms with Crippen LogP contribution in [0, 0.1) is 6.26 Å². The third-order valence-electron chi connectivity index (χ3n) is 5.14. The summed E-state index contributed by atoms with van der Waals surface area (Å²) < 4.78 is 35.7. The van der Waals surface area contributed by atoms with Gasteiger partial charge < -0.3 is 35.8 Å². The maximum absolute atomic E-state index is 12.3. The van der Waals surface area contributed by atoms with Crippen molar-refractivity contribution in [1.82, 2.24) is 4.90 Å². The molecule has 0 aliphatic rings. The molecule has 0 N–H and O–H groups in total. The minimum atomic E-state index is -2.74. The molecule has 0 unspecified atom stereocenters. The second-order valence-electron chi connectivity index (χ2n) is 8.53. The molecule has 4 nitrogen and oxygen atoms in total. The largest absolute Gasteiger partial charge is 2.00 e. The minimum Gasteiger partial charge on any atom is -1.00 e. The molecular weight excluding hydrogens is 521 g/mol. The maximum atomic E-state index is 12.3. The normalized spacial score (nSPS) is 11.2. The zero-order valence-electron chi connectivity index (χ0n) is 19.8. The Morgan fingerprint density at radius 2 is 1.45 bits per heavy atom. The summed E-state index contributed by atoms with van der Waals surface area (Å²) in [6.07, 6.45) is -1.74. The van der Waals surface area contributed by atoms with Crippen LogP contribution in [-0.2, 0) is 9.16 Å². The zero-order valence-corrected chi connectivity index (χ0v) is 23.8. The Morgan fingerprint density at radius 3 is 1.82 bits per heavy atom. The number of benzene rings is 2. The Hall–Kier alpha value is -1.27. The van der Waals surface area contributed by atoms with E-state index in [4.69, 9.17) is 4.43 Å². The van der Waals surface area contributed by atoms with E-state index in [-0.39, 0.29) is 64.3 Å². The first-order chi connectivity index (χ1) is 14.6. The van der Waals surface area contributed by atoms with Crippen LogP contribution in [0.4, 0.5) is 13.6 Å². The average Bonchev–Trinajstić information content (AvgIpc) is 2.72. The summed E-state index contributed by atoms with van der Waals surface area (Å²) in [5.41, 5.74) is 0. The summed E-state index contributed by atoms with van der Waals surface area (Å²) in [4.78, 5) is 13.6. The van der Waals surface area contributed by atoms with Crippen molar-refractivity contribution in [3.8, 4) is 0 Å². The Kier molecular flexibility index (Phi) is 13.7. The fraction of sp³-hybridized carbons (Fsp3) is 0.375. The Labute approximate surface area is 223 Å². The zero-order chi connectivity index (χ0) is 23.1. The van der Waals surface area contributed by atoms with Crippen molar-refractivity contribution >= 4 is 47.8 Å². The van der Waals surface area contributed by atoms with Gasteiger partial charge in [-0.1, -0.05) is 81.4 Å². The van der Waals surface area contributed by atoms with Crippen LogP contribution < -0.4 is 27.4 Å². The van der Waals surface area contributed by atoms with E-state index >= 15 is 0 Å². The van der Waals surface area contributed by atoms with E-state index in [1.807, 2.05) is 36.4 Å². The molecule has 0 radical (unpaired) electrons. The first kappa shape index (κ1) is 31.7. The molecule has 2 aromatic rings. The number of rotatable bonds is 8. The van der Waals surface area contributed by atoms with Gasteiger partial charge in [0.05, 0.1) is 6.61 Å². The van der Waals surface area contributed by atoms with Crippen molar-refractivity contribution in [2.24, 2.45) is 0 Å². The summed E-state index contributed by atoms with van der Waals surface area (Å²) in [7, 11) is -2.74. The van der Waals surface area contributed by atoms with Crippen molar-refractivity contribution in [3.05, 3.63) is 73.0 Å². The monoisotopic (exact) mass is 549 g/mol. The molecule has 2 aromatic carbocycles. The van der Waals surface area contributed by atoms with Crippen molar-refractivity contribution in [3.63, 3.8) is 0 Å².